The van der Waals surface area contributed by atoms with Gasteiger partial charge in [0.25, 0.3) is 5.91 Å². The van der Waals surface area contributed by atoms with Gasteiger partial charge in [0, 0.05) is 5.56 Å². The van der Waals surface area contributed by atoms with Crippen molar-refractivity contribution in [3.63, 3.8) is 0 Å². The molecule has 0 aliphatic rings. The molecule has 1 heterocycles. The number of hydrogen-bond donors (Lipinski definition) is 1. The summed E-state index contributed by atoms with van der Waals surface area (Å²) < 4.78 is 16.1. The molecule has 2 aromatic carbocycles. The zero-order valence-electron chi connectivity index (χ0n) is 16.1. The van der Waals surface area contributed by atoms with E-state index in [1.807, 2.05) is 44.2 Å². The molecule has 0 unspecified atom stereocenters. The zero-order valence-corrected chi connectivity index (χ0v) is 16.9. The van der Waals surface area contributed by atoms with Crippen molar-refractivity contribution in [1.29, 1.82) is 0 Å². The molecule has 8 heteroatoms. The van der Waals surface area contributed by atoms with Crippen LogP contribution < -0.4 is 19.5 Å². The van der Waals surface area contributed by atoms with Gasteiger partial charge in [-0.3, -0.25) is 10.1 Å². The van der Waals surface area contributed by atoms with Crippen LogP contribution in [0.2, 0.25) is 0 Å². The van der Waals surface area contributed by atoms with Crippen molar-refractivity contribution in [2.24, 2.45) is 0 Å². The van der Waals surface area contributed by atoms with Crippen LogP contribution in [0.15, 0.2) is 36.4 Å². The summed E-state index contributed by atoms with van der Waals surface area (Å²) in [6, 6.07) is 11.3. The van der Waals surface area contributed by atoms with E-state index in [4.69, 9.17) is 14.2 Å². The normalized spacial score (nSPS) is 10.4. The van der Waals surface area contributed by atoms with Crippen molar-refractivity contribution in [1.82, 2.24) is 10.2 Å². The fourth-order valence-electron chi connectivity index (χ4n) is 2.62. The molecule has 7 nitrogen and oxygen atoms in total. The van der Waals surface area contributed by atoms with Crippen LogP contribution in [-0.2, 0) is 4.79 Å². The summed E-state index contributed by atoms with van der Waals surface area (Å²) >= 11 is 1.27. The third-order valence-electron chi connectivity index (χ3n) is 3.99. The maximum atomic E-state index is 12.2. The molecule has 146 valence electrons. The Morgan fingerprint density at radius 3 is 2.46 bits per heavy atom. The summed E-state index contributed by atoms with van der Waals surface area (Å²) in [5, 5.41) is 11.9. The van der Waals surface area contributed by atoms with E-state index in [9.17, 15) is 4.79 Å². The summed E-state index contributed by atoms with van der Waals surface area (Å²) in [4.78, 5) is 12.2. The minimum atomic E-state index is -0.296. The molecule has 0 aliphatic carbocycles. The third-order valence-corrected chi connectivity index (χ3v) is 4.88. The molecule has 0 saturated heterocycles. The average molecular weight is 399 g/mol. The predicted molar refractivity (Wildman–Crippen MR) is 108 cm³/mol. The van der Waals surface area contributed by atoms with Crippen LogP contribution in [0.4, 0.5) is 5.13 Å². The van der Waals surface area contributed by atoms with Crippen molar-refractivity contribution >= 4 is 22.4 Å². The highest BCUT2D eigenvalue weighted by Gasteiger charge is 2.13. The Labute approximate surface area is 167 Å². The number of carbonyl (C=O) groups excluding carboxylic acids is 1. The van der Waals surface area contributed by atoms with Gasteiger partial charge in [-0.2, -0.15) is 0 Å². The van der Waals surface area contributed by atoms with E-state index in [-0.39, 0.29) is 12.5 Å². The maximum Gasteiger partial charge on any atom is 0.264 e. The summed E-state index contributed by atoms with van der Waals surface area (Å²) in [7, 11) is 3.15. The summed E-state index contributed by atoms with van der Waals surface area (Å²) in [5.74, 6) is 1.62. The fraction of sp³-hybridized carbons (Fsp3) is 0.250. The number of carbonyl (C=O) groups is 1. The molecule has 0 fully saturated rings. The summed E-state index contributed by atoms with van der Waals surface area (Å²) in [6.45, 7) is 3.85. The Hall–Kier alpha value is -3.13. The standard InChI is InChI=1S/C20H21N3O4S/c1-12-5-7-15(13(2)9-12)27-11-18(24)21-20-23-22-19(28-20)14-6-8-16(25-3)17(10-14)26-4/h5-10H,11H2,1-4H3,(H,21,23,24). The van der Waals surface area contributed by atoms with E-state index < -0.39 is 0 Å². The SMILES string of the molecule is COc1ccc(-c2nnc(NC(=O)COc3ccc(C)cc3C)s2)cc1OC. The highest BCUT2D eigenvalue weighted by molar-refractivity contribution is 7.18. The van der Waals surface area contributed by atoms with Gasteiger partial charge in [-0.25, -0.2) is 0 Å². The Bertz CT molecular complexity index is 987. The van der Waals surface area contributed by atoms with Gasteiger partial charge in [-0.05, 0) is 43.7 Å². The molecule has 3 rings (SSSR count). The summed E-state index contributed by atoms with van der Waals surface area (Å²) in [5.41, 5.74) is 2.95. The van der Waals surface area contributed by atoms with Gasteiger partial charge in [-0.1, -0.05) is 29.0 Å². The Kier molecular flexibility index (Phi) is 6.10. The van der Waals surface area contributed by atoms with Gasteiger partial charge >= 0.3 is 0 Å². The smallest absolute Gasteiger partial charge is 0.264 e. The molecule has 28 heavy (non-hydrogen) atoms. The zero-order chi connectivity index (χ0) is 20.1. The van der Waals surface area contributed by atoms with E-state index in [0.29, 0.717) is 27.4 Å². The van der Waals surface area contributed by atoms with Crippen molar-refractivity contribution in [3.8, 4) is 27.8 Å². The first-order chi connectivity index (χ1) is 13.5. The van der Waals surface area contributed by atoms with Crippen LogP contribution in [0, 0.1) is 13.8 Å². The topological polar surface area (TPSA) is 82.6 Å². The number of nitrogens with one attached hydrogen (secondary N) is 1. The van der Waals surface area contributed by atoms with Crippen LogP contribution in [0.5, 0.6) is 17.2 Å². The lowest BCUT2D eigenvalue weighted by Crippen LogP contribution is -2.20. The molecule has 3 aromatic rings. The van der Waals surface area contributed by atoms with Crippen molar-refractivity contribution in [3.05, 3.63) is 47.5 Å². The highest BCUT2D eigenvalue weighted by atomic mass is 32.1. The fourth-order valence-corrected chi connectivity index (χ4v) is 3.38. The first-order valence-electron chi connectivity index (χ1n) is 8.56. The quantitative estimate of drug-likeness (QED) is 0.650. The minimum absolute atomic E-state index is 0.102. The number of nitrogens with zero attached hydrogens (tertiary/aromatic N) is 2. The lowest BCUT2D eigenvalue weighted by Gasteiger charge is -2.09. The van der Waals surface area contributed by atoms with Gasteiger partial charge in [0.05, 0.1) is 14.2 Å². The molecule has 0 atom stereocenters. The Morgan fingerprint density at radius 2 is 1.75 bits per heavy atom. The second-order valence-electron chi connectivity index (χ2n) is 6.09. The lowest BCUT2D eigenvalue weighted by atomic mass is 10.1. The van der Waals surface area contributed by atoms with Crippen molar-refractivity contribution in [2.45, 2.75) is 13.8 Å². The molecule has 1 aromatic heterocycles. The second-order valence-corrected chi connectivity index (χ2v) is 7.07. The molecule has 0 spiro atoms. The number of ether oxygens (including phenoxy) is 3. The molecule has 0 saturated carbocycles. The maximum absolute atomic E-state index is 12.2. The second kappa shape index (κ2) is 8.71. The molecule has 0 bridgehead atoms. The third kappa shape index (κ3) is 4.58. The number of aromatic nitrogens is 2. The minimum Gasteiger partial charge on any atom is -0.493 e. The van der Waals surface area contributed by atoms with Gasteiger partial charge in [0.2, 0.25) is 5.13 Å². The number of anilines is 1. The number of benzene rings is 2. The van der Waals surface area contributed by atoms with E-state index in [0.717, 1.165) is 16.7 Å². The molecule has 1 amide bonds. The van der Waals surface area contributed by atoms with Crippen LogP contribution in [0.25, 0.3) is 10.6 Å². The highest BCUT2D eigenvalue weighted by Crippen LogP contribution is 2.34. The number of rotatable bonds is 7. The van der Waals surface area contributed by atoms with E-state index in [1.165, 1.54) is 11.3 Å². The van der Waals surface area contributed by atoms with Gasteiger partial charge < -0.3 is 14.2 Å². The van der Waals surface area contributed by atoms with Crippen LogP contribution >= 0.6 is 11.3 Å². The number of aryl methyl sites for hydroxylation is 2. The Balaban J connectivity index is 1.63. The molecule has 0 aliphatic heterocycles. The van der Waals surface area contributed by atoms with E-state index >= 15 is 0 Å². The van der Waals surface area contributed by atoms with E-state index in [2.05, 4.69) is 15.5 Å². The number of amides is 1. The molecule has 0 radical (unpaired) electrons. The van der Waals surface area contributed by atoms with Crippen molar-refractivity contribution in [2.75, 3.05) is 26.1 Å². The molecular formula is C20H21N3O4S. The lowest BCUT2D eigenvalue weighted by molar-refractivity contribution is -0.118. The number of hydrogen-bond acceptors (Lipinski definition) is 7. The predicted octanol–water partition coefficient (Wildman–Crippen LogP) is 3.86. The molecule has 1 N–H and O–H groups in total. The van der Waals surface area contributed by atoms with Crippen LogP contribution in [0.1, 0.15) is 11.1 Å². The summed E-state index contributed by atoms with van der Waals surface area (Å²) in [6.07, 6.45) is 0. The number of methoxy groups -OCH3 is 2. The van der Waals surface area contributed by atoms with Gasteiger partial charge in [-0.15, -0.1) is 10.2 Å². The molecular weight excluding hydrogens is 378 g/mol. The first kappa shape index (κ1) is 19.6. The Morgan fingerprint density at radius 1 is 1.00 bits per heavy atom. The van der Waals surface area contributed by atoms with Gasteiger partial charge in [0.15, 0.2) is 18.1 Å². The van der Waals surface area contributed by atoms with Gasteiger partial charge in [0.1, 0.15) is 10.8 Å². The van der Waals surface area contributed by atoms with Crippen molar-refractivity contribution < 1.29 is 19.0 Å². The first-order valence-corrected chi connectivity index (χ1v) is 9.37. The van der Waals surface area contributed by atoms with Crippen LogP contribution in [0.3, 0.4) is 0 Å². The van der Waals surface area contributed by atoms with Crippen LogP contribution in [-0.4, -0.2) is 36.9 Å². The monoisotopic (exact) mass is 399 g/mol. The van der Waals surface area contributed by atoms with E-state index in [1.54, 1.807) is 20.3 Å². The average Bonchev–Trinajstić information content (AvgIpc) is 3.15. The largest absolute Gasteiger partial charge is 0.493 e.